The van der Waals surface area contributed by atoms with Gasteiger partial charge in [-0.15, -0.1) is 24.2 Å². The second kappa shape index (κ2) is 9.43. The van der Waals surface area contributed by atoms with Gasteiger partial charge in [-0.3, -0.25) is 4.79 Å². The summed E-state index contributed by atoms with van der Waals surface area (Å²) < 4.78 is 0. The smallest absolute Gasteiger partial charge is 0.220 e. The van der Waals surface area contributed by atoms with Crippen LogP contribution < -0.4 is 11.1 Å². The minimum Gasteiger partial charge on any atom is -0.350 e. The molecule has 1 aromatic rings. The van der Waals surface area contributed by atoms with Crippen molar-refractivity contribution < 1.29 is 4.79 Å². The SMILES string of the molecule is CCSc1ccc(C(C)NC(=O)C[C@@H]2CCC[C@H]2N)cc1.Cl. The van der Waals surface area contributed by atoms with E-state index in [1.165, 1.54) is 4.90 Å². The standard InChI is InChI=1S/C17H26N2OS.ClH/c1-3-21-15-9-7-13(8-10-15)12(2)19-17(20)11-14-5-4-6-16(14)18;/h7-10,12,14,16H,3-6,11,18H2,1-2H3,(H,19,20);1H/t12?,14-,16+;/m0./s1. The minimum absolute atomic E-state index is 0. The van der Waals surface area contributed by atoms with Gasteiger partial charge in [-0.05, 0) is 49.1 Å². The van der Waals surface area contributed by atoms with E-state index in [1.807, 2.05) is 18.7 Å². The molecule has 3 N–H and O–H groups in total. The number of nitrogens with one attached hydrogen (secondary N) is 1. The summed E-state index contributed by atoms with van der Waals surface area (Å²) in [6, 6.07) is 8.71. The first kappa shape index (κ1) is 19.3. The second-order valence-electron chi connectivity index (χ2n) is 5.85. The lowest BCUT2D eigenvalue weighted by atomic mass is 9.99. The van der Waals surface area contributed by atoms with Gasteiger partial charge in [0.05, 0.1) is 6.04 Å². The van der Waals surface area contributed by atoms with E-state index in [0.717, 1.165) is 30.6 Å². The van der Waals surface area contributed by atoms with Crippen LogP contribution in [-0.2, 0) is 4.79 Å². The van der Waals surface area contributed by atoms with Gasteiger partial charge in [-0.2, -0.15) is 0 Å². The number of nitrogens with two attached hydrogens (primary N) is 1. The van der Waals surface area contributed by atoms with Crippen molar-refractivity contribution in [2.24, 2.45) is 11.7 Å². The third kappa shape index (κ3) is 5.49. The van der Waals surface area contributed by atoms with Crippen LogP contribution in [0.5, 0.6) is 0 Å². The van der Waals surface area contributed by atoms with Crippen LogP contribution in [0.2, 0.25) is 0 Å². The van der Waals surface area contributed by atoms with E-state index >= 15 is 0 Å². The number of hydrogen-bond donors (Lipinski definition) is 2. The van der Waals surface area contributed by atoms with Gasteiger partial charge in [0.2, 0.25) is 5.91 Å². The number of carbonyl (C=O) groups is 1. The summed E-state index contributed by atoms with van der Waals surface area (Å²) in [4.78, 5) is 13.4. The van der Waals surface area contributed by atoms with Crippen molar-refractivity contribution in [1.29, 1.82) is 0 Å². The quantitative estimate of drug-likeness (QED) is 0.770. The molecule has 3 atom stereocenters. The zero-order valence-corrected chi connectivity index (χ0v) is 15.0. The van der Waals surface area contributed by atoms with Crippen LogP contribution in [-0.4, -0.2) is 17.7 Å². The zero-order chi connectivity index (χ0) is 15.2. The number of rotatable bonds is 6. The van der Waals surface area contributed by atoms with Crippen LogP contribution in [0.1, 0.15) is 51.1 Å². The molecule has 22 heavy (non-hydrogen) atoms. The summed E-state index contributed by atoms with van der Waals surface area (Å²) in [6.07, 6.45) is 3.87. The van der Waals surface area contributed by atoms with E-state index in [-0.39, 0.29) is 30.4 Å². The number of thioether (sulfide) groups is 1. The molecule has 5 heteroatoms. The highest BCUT2D eigenvalue weighted by Crippen LogP contribution is 2.27. The Hall–Kier alpha value is -0.710. The van der Waals surface area contributed by atoms with Crippen LogP contribution >= 0.6 is 24.2 Å². The Bertz CT molecular complexity index is 466. The molecule has 0 bridgehead atoms. The maximum absolute atomic E-state index is 12.1. The summed E-state index contributed by atoms with van der Waals surface area (Å²) in [5.41, 5.74) is 7.18. The largest absolute Gasteiger partial charge is 0.350 e. The van der Waals surface area contributed by atoms with Gasteiger partial charge in [-0.25, -0.2) is 0 Å². The highest BCUT2D eigenvalue weighted by Gasteiger charge is 2.26. The first-order valence-electron chi connectivity index (χ1n) is 7.88. The molecule has 0 aliphatic heterocycles. The molecule has 1 aliphatic carbocycles. The average molecular weight is 343 g/mol. The van der Waals surface area contributed by atoms with E-state index in [9.17, 15) is 4.79 Å². The van der Waals surface area contributed by atoms with Crippen molar-refractivity contribution in [3.63, 3.8) is 0 Å². The average Bonchev–Trinajstić information content (AvgIpc) is 2.85. The Morgan fingerprint density at radius 3 is 2.59 bits per heavy atom. The van der Waals surface area contributed by atoms with Crippen LogP contribution in [0.4, 0.5) is 0 Å². The highest BCUT2D eigenvalue weighted by atomic mass is 35.5. The van der Waals surface area contributed by atoms with Gasteiger partial charge >= 0.3 is 0 Å². The molecule has 1 unspecified atom stereocenters. The van der Waals surface area contributed by atoms with E-state index in [2.05, 4.69) is 36.5 Å². The molecule has 0 saturated heterocycles. The number of benzene rings is 1. The summed E-state index contributed by atoms with van der Waals surface area (Å²) >= 11 is 1.83. The fourth-order valence-electron chi connectivity index (χ4n) is 2.96. The number of amides is 1. The van der Waals surface area contributed by atoms with Crippen LogP contribution in [0.25, 0.3) is 0 Å². The van der Waals surface area contributed by atoms with Crippen molar-refractivity contribution in [3.8, 4) is 0 Å². The lowest BCUT2D eigenvalue weighted by molar-refractivity contribution is -0.122. The molecule has 2 rings (SSSR count). The summed E-state index contributed by atoms with van der Waals surface area (Å²) in [7, 11) is 0. The number of halogens is 1. The molecular formula is C17H27ClN2OS. The molecule has 0 radical (unpaired) electrons. The molecule has 3 nitrogen and oxygen atoms in total. The molecule has 124 valence electrons. The monoisotopic (exact) mass is 342 g/mol. The lowest BCUT2D eigenvalue weighted by Gasteiger charge is -2.18. The van der Waals surface area contributed by atoms with Crippen molar-refractivity contribution in [3.05, 3.63) is 29.8 Å². The van der Waals surface area contributed by atoms with Crippen molar-refractivity contribution in [2.45, 2.75) is 56.5 Å². The molecular weight excluding hydrogens is 316 g/mol. The molecule has 1 aromatic carbocycles. The van der Waals surface area contributed by atoms with Gasteiger partial charge < -0.3 is 11.1 Å². The summed E-state index contributed by atoms with van der Waals surface area (Å²) in [6.45, 7) is 4.18. The third-order valence-corrected chi connectivity index (χ3v) is 5.13. The van der Waals surface area contributed by atoms with Gasteiger partial charge in [0.25, 0.3) is 0 Å². The molecule has 0 heterocycles. The van der Waals surface area contributed by atoms with Crippen LogP contribution in [0, 0.1) is 5.92 Å². The topological polar surface area (TPSA) is 55.1 Å². The van der Waals surface area contributed by atoms with Gasteiger partial charge in [0.1, 0.15) is 0 Å². The lowest BCUT2D eigenvalue weighted by Crippen LogP contribution is -2.32. The predicted molar refractivity (Wildman–Crippen MR) is 96.6 cm³/mol. The first-order valence-corrected chi connectivity index (χ1v) is 8.86. The molecule has 1 aliphatic rings. The van der Waals surface area contributed by atoms with Gasteiger partial charge in [-0.1, -0.05) is 25.5 Å². The predicted octanol–water partition coefficient (Wildman–Crippen LogP) is 3.92. The second-order valence-corrected chi connectivity index (χ2v) is 7.19. The van der Waals surface area contributed by atoms with E-state index < -0.39 is 0 Å². The van der Waals surface area contributed by atoms with Gasteiger partial charge in [0.15, 0.2) is 0 Å². The fourth-order valence-corrected chi connectivity index (χ4v) is 3.62. The molecule has 1 amide bonds. The van der Waals surface area contributed by atoms with Crippen molar-refractivity contribution >= 4 is 30.1 Å². The molecule has 0 aromatic heterocycles. The Morgan fingerprint density at radius 1 is 1.36 bits per heavy atom. The number of carbonyl (C=O) groups excluding carboxylic acids is 1. The Kier molecular flexibility index (Phi) is 8.29. The van der Waals surface area contributed by atoms with Crippen LogP contribution in [0.3, 0.4) is 0 Å². The maximum Gasteiger partial charge on any atom is 0.220 e. The number of hydrogen-bond acceptors (Lipinski definition) is 3. The Labute approximate surface area is 144 Å². The normalized spacial score (nSPS) is 22.0. The summed E-state index contributed by atoms with van der Waals surface area (Å²) in [5, 5.41) is 3.09. The Morgan fingerprint density at radius 2 is 2.05 bits per heavy atom. The maximum atomic E-state index is 12.1. The highest BCUT2D eigenvalue weighted by molar-refractivity contribution is 7.99. The van der Waals surface area contributed by atoms with Crippen molar-refractivity contribution in [1.82, 2.24) is 5.32 Å². The van der Waals surface area contributed by atoms with Crippen LogP contribution in [0.15, 0.2) is 29.2 Å². The fraction of sp³-hybridized carbons (Fsp3) is 0.588. The molecule has 1 fully saturated rings. The van der Waals surface area contributed by atoms with E-state index in [0.29, 0.717) is 12.3 Å². The van der Waals surface area contributed by atoms with E-state index in [4.69, 9.17) is 5.73 Å². The molecule has 0 spiro atoms. The zero-order valence-electron chi connectivity index (χ0n) is 13.4. The first-order chi connectivity index (χ1) is 10.1. The van der Waals surface area contributed by atoms with E-state index in [1.54, 1.807) is 0 Å². The Balaban J connectivity index is 0.00000242. The summed E-state index contributed by atoms with van der Waals surface area (Å²) in [5.74, 6) is 1.56. The molecule has 1 saturated carbocycles. The third-order valence-electron chi connectivity index (χ3n) is 4.23. The minimum atomic E-state index is 0. The van der Waals surface area contributed by atoms with Crippen molar-refractivity contribution in [2.75, 3.05) is 5.75 Å². The van der Waals surface area contributed by atoms with Gasteiger partial charge in [0, 0.05) is 17.4 Å².